The van der Waals surface area contributed by atoms with Crippen molar-refractivity contribution in [2.45, 2.75) is 32.4 Å². The molecule has 0 aromatic heterocycles. The van der Waals surface area contributed by atoms with Gasteiger partial charge in [0.15, 0.2) is 0 Å². The highest BCUT2D eigenvalue weighted by atomic mass is 16.2. The Bertz CT molecular complexity index is 687. The summed E-state index contributed by atoms with van der Waals surface area (Å²) in [5, 5.41) is 5.72. The monoisotopic (exact) mass is 339 g/mol. The molecule has 0 saturated heterocycles. The first-order valence-corrected chi connectivity index (χ1v) is 8.42. The van der Waals surface area contributed by atoms with Crippen LogP contribution in [0.4, 0.5) is 4.79 Å². The van der Waals surface area contributed by atoms with E-state index in [1.807, 2.05) is 60.7 Å². The van der Waals surface area contributed by atoms with Crippen molar-refractivity contribution in [1.82, 2.24) is 10.6 Å². The van der Waals surface area contributed by atoms with Crippen molar-refractivity contribution in [3.05, 3.63) is 71.8 Å². The smallest absolute Gasteiger partial charge is 0.312 e. The molecule has 2 aromatic carbocycles. The van der Waals surface area contributed by atoms with Gasteiger partial charge in [0.2, 0.25) is 5.91 Å². The molecule has 0 aliphatic rings. The normalized spacial score (nSPS) is 13.1. The summed E-state index contributed by atoms with van der Waals surface area (Å²) in [7, 11) is 0. The van der Waals surface area contributed by atoms with E-state index in [0.29, 0.717) is 0 Å². The maximum absolute atomic E-state index is 12.6. The Morgan fingerprint density at radius 2 is 1.40 bits per heavy atom. The van der Waals surface area contributed by atoms with E-state index in [4.69, 9.17) is 5.73 Å². The highest BCUT2D eigenvalue weighted by molar-refractivity contribution is 5.79. The van der Waals surface area contributed by atoms with Crippen molar-refractivity contribution >= 4 is 11.9 Å². The summed E-state index contributed by atoms with van der Waals surface area (Å²) in [6.45, 7) is 4.13. The molecule has 3 amide bonds. The third-order valence-electron chi connectivity index (χ3n) is 4.05. The van der Waals surface area contributed by atoms with Crippen molar-refractivity contribution < 1.29 is 9.59 Å². The quantitative estimate of drug-likeness (QED) is 0.723. The highest BCUT2D eigenvalue weighted by Gasteiger charge is 2.22. The van der Waals surface area contributed by atoms with E-state index >= 15 is 0 Å². The van der Waals surface area contributed by atoms with Gasteiger partial charge in [0.1, 0.15) is 0 Å². The molecule has 2 atom stereocenters. The summed E-state index contributed by atoms with van der Waals surface area (Å²) in [6.07, 6.45) is 0.128. The fraction of sp³-hybridized carbons (Fsp3) is 0.300. The third-order valence-corrected chi connectivity index (χ3v) is 4.05. The van der Waals surface area contributed by atoms with Gasteiger partial charge in [0.05, 0.1) is 18.5 Å². The third kappa shape index (κ3) is 5.64. The summed E-state index contributed by atoms with van der Waals surface area (Å²) >= 11 is 0. The lowest BCUT2D eigenvalue weighted by Crippen LogP contribution is -2.38. The number of primary amides is 1. The number of hydrogen-bond acceptors (Lipinski definition) is 2. The Hall–Kier alpha value is -2.82. The molecular formula is C20H25N3O2. The summed E-state index contributed by atoms with van der Waals surface area (Å²) in [4.78, 5) is 23.9. The fourth-order valence-electron chi connectivity index (χ4n) is 2.82. The number of carbonyl (C=O) groups is 2. The molecule has 0 aliphatic heterocycles. The molecule has 0 bridgehead atoms. The van der Waals surface area contributed by atoms with Gasteiger partial charge in [-0.15, -0.1) is 0 Å². The minimum Gasteiger partial charge on any atom is -0.352 e. The van der Waals surface area contributed by atoms with E-state index in [1.54, 1.807) is 0 Å². The minimum atomic E-state index is -0.648. The second-order valence-corrected chi connectivity index (χ2v) is 6.38. The van der Waals surface area contributed by atoms with Crippen molar-refractivity contribution in [3.8, 4) is 0 Å². The average Bonchev–Trinajstić information content (AvgIpc) is 2.60. The maximum atomic E-state index is 12.6. The maximum Gasteiger partial charge on any atom is 0.312 e. The van der Waals surface area contributed by atoms with E-state index in [1.165, 1.54) is 0 Å². The largest absolute Gasteiger partial charge is 0.352 e. The number of benzene rings is 2. The first-order chi connectivity index (χ1) is 12.0. The molecule has 0 unspecified atom stereocenters. The van der Waals surface area contributed by atoms with Gasteiger partial charge in [-0.2, -0.15) is 0 Å². The fourth-order valence-corrected chi connectivity index (χ4v) is 2.82. The first kappa shape index (κ1) is 18.5. The summed E-state index contributed by atoms with van der Waals surface area (Å²) in [6, 6.07) is 18.0. The van der Waals surface area contributed by atoms with Crippen LogP contribution in [0.2, 0.25) is 0 Å². The van der Waals surface area contributed by atoms with Crippen LogP contribution in [-0.4, -0.2) is 11.9 Å². The Morgan fingerprint density at radius 3 is 1.88 bits per heavy atom. The number of rotatable bonds is 7. The molecule has 0 fully saturated rings. The predicted molar refractivity (Wildman–Crippen MR) is 98.7 cm³/mol. The highest BCUT2D eigenvalue weighted by Crippen LogP contribution is 2.23. The van der Waals surface area contributed by atoms with Crippen LogP contribution < -0.4 is 16.4 Å². The lowest BCUT2D eigenvalue weighted by Gasteiger charge is -2.25. The van der Waals surface area contributed by atoms with Crippen molar-refractivity contribution in [1.29, 1.82) is 0 Å². The van der Waals surface area contributed by atoms with Crippen LogP contribution in [-0.2, 0) is 4.79 Å². The second-order valence-electron chi connectivity index (χ2n) is 6.38. The van der Waals surface area contributed by atoms with E-state index < -0.39 is 12.1 Å². The van der Waals surface area contributed by atoms with Crippen LogP contribution in [0.5, 0.6) is 0 Å². The van der Waals surface area contributed by atoms with Crippen molar-refractivity contribution in [2.75, 3.05) is 0 Å². The Morgan fingerprint density at radius 1 is 0.880 bits per heavy atom. The summed E-state index contributed by atoms with van der Waals surface area (Å²) < 4.78 is 0. The van der Waals surface area contributed by atoms with Gasteiger partial charge in [0, 0.05) is 0 Å². The molecule has 0 spiro atoms. The van der Waals surface area contributed by atoms with E-state index in [2.05, 4.69) is 24.5 Å². The Labute approximate surface area is 148 Å². The number of carbonyl (C=O) groups excluding carboxylic acids is 2. The van der Waals surface area contributed by atoms with Crippen LogP contribution in [0.1, 0.15) is 43.5 Å². The van der Waals surface area contributed by atoms with Gasteiger partial charge in [0.25, 0.3) is 0 Å². The molecular weight excluding hydrogens is 314 g/mol. The molecule has 132 valence electrons. The molecule has 0 aliphatic carbocycles. The summed E-state index contributed by atoms with van der Waals surface area (Å²) in [5.41, 5.74) is 7.17. The molecule has 0 heterocycles. The zero-order valence-electron chi connectivity index (χ0n) is 14.6. The van der Waals surface area contributed by atoms with Crippen molar-refractivity contribution in [2.24, 2.45) is 11.7 Å². The van der Waals surface area contributed by atoms with Crippen LogP contribution in [0.25, 0.3) is 0 Å². The topological polar surface area (TPSA) is 84.2 Å². The average molecular weight is 339 g/mol. The van der Waals surface area contributed by atoms with Crippen LogP contribution in [0.3, 0.4) is 0 Å². The van der Waals surface area contributed by atoms with Crippen molar-refractivity contribution in [3.63, 3.8) is 0 Å². The molecule has 4 N–H and O–H groups in total. The second kappa shape index (κ2) is 8.87. The Balaban J connectivity index is 2.10. The van der Waals surface area contributed by atoms with Gasteiger partial charge in [-0.25, -0.2) is 4.79 Å². The van der Waals surface area contributed by atoms with Crippen LogP contribution in [0, 0.1) is 5.92 Å². The van der Waals surface area contributed by atoms with Gasteiger partial charge in [-0.05, 0) is 17.0 Å². The molecule has 2 aromatic rings. The SMILES string of the molecule is CC(C)[C@@H](NC(=O)C[C@H](NC(N)=O)c1ccccc1)c1ccccc1. The number of nitrogens with one attached hydrogen (secondary N) is 2. The zero-order valence-corrected chi connectivity index (χ0v) is 14.6. The molecule has 25 heavy (non-hydrogen) atoms. The lowest BCUT2D eigenvalue weighted by atomic mass is 9.95. The first-order valence-electron chi connectivity index (χ1n) is 8.42. The van der Waals surface area contributed by atoms with Gasteiger partial charge < -0.3 is 16.4 Å². The Kier molecular flexibility index (Phi) is 6.57. The van der Waals surface area contributed by atoms with E-state index in [9.17, 15) is 9.59 Å². The number of nitrogens with two attached hydrogens (primary N) is 1. The van der Waals surface area contributed by atoms with Crippen LogP contribution >= 0.6 is 0 Å². The molecule has 5 nitrogen and oxygen atoms in total. The number of amides is 3. The van der Waals surface area contributed by atoms with Crippen LogP contribution in [0.15, 0.2) is 60.7 Å². The summed E-state index contributed by atoms with van der Waals surface area (Å²) in [5.74, 6) is 0.107. The van der Waals surface area contributed by atoms with Gasteiger partial charge in [-0.1, -0.05) is 74.5 Å². The predicted octanol–water partition coefficient (Wildman–Crippen LogP) is 3.30. The van der Waals surface area contributed by atoms with E-state index in [-0.39, 0.29) is 24.3 Å². The molecule has 0 saturated carbocycles. The zero-order chi connectivity index (χ0) is 18.2. The number of hydrogen-bond donors (Lipinski definition) is 3. The molecule has 0 radical (unpaired) electrons. The molecule has 5 heteroatoms. The number of urea groups is 1. The molecule has 2 rings (SSSR count). The minimum absolute atomic E-state index is 0.0845. The lowest BCUT2D eigenvalue weighted by molar-refractivity contribution is -0.122. The van der Waals surface area contributed by atoms with E-state index in [0.717, 1.165) is 11.1 Å². The van der Waals surface area contributed by atoms with Gasteiger partial charge in [-0.3, -0.25) is 4.79 Å². The standard InChI is InChI=1S/C20H25N3O2/c1-14(2)19(16-11-7-4-8-12-16)23-18(24)13-17(22-20(21)25)15-9-5-3-6-10-15/h3-12,14,17,19H,13H2,1-2H3,(H,23,24)(H3,21,22,25)/t17-,19+/m0/s1. The van der Waals surface area contributed by atoms with Gasteiger partial charge >= 0.3 is 6.03 Å².